The van der Waals surface area contributed by atoms with Gasteiger partial charge in [0.15, 0.2) is 9.84 Å². The average molecular weight is 465 g/mol. The minimum absolute atomic E-state index is 0.102. The van der Waals surface area contributed by atoms with E-state index in [9.17, 15) is 26.4 Å². The van der Waals surface area contributed by atoms with Crippen LogP contribution in [-0.2, 0) is 27.2 Å². The summed E-state index contributed by atoms with van der Waals surface area (Å²) in [5, 5.41) is 2.81. The van der Waals surface area contributed by atoms with Crippen LogP contribution < -0.4 is 5.32 Å². The number of hydrogen-bond donors (Lipinski definition) is 1. The predicted octanol–water partition coefficient (Wildman–Crippen LogP) is 5.40. The van der Waals surface area contributed by atoms with Gasteiger partial charge >= 0.3 is 6.18 Å². The van der Waals surface area contributed by atoms with Crippen molar-refractivity contribution in [3.8, 4) is 16.9 Å². The molecule has 0 aliphatic carbocycles. The number of rotatable bonds is 5. The first-order valence-electron chi connectivity index (χ1n) is 9.83. The summed E-state index contributed by atoms with van der Waals surface area (Å²) in [6.45, 7) is 5.05. The Morgan fingerprint density at radius 1 is 1.09 bits per heavy atom. The van der Waals surface area contributed by atoms with Crippen molar-refractivity contribution < 1.29 is 26.4 Å². The summed E-state index contributed by atoms with van der Waals surface area (Å²) in [4.78, 5) is 12.0. The Labute approximate surface area is 184 Å². The van der Waals surface area contributed by atoms with Gasteiger partial charge in [-0.2, -0.15) is 13.2 Å². The molecule has 0 radical (unpaired) electrons. The van der Waals surface area contributed by atoms with Gasteiger partial charge in [0.25, 0.3) is 0 Å². The topological polar surface area (TPSA) is 68.2 Å². The molecule has 1 aromatic heterocycles. The number of alkyl halides is 3. The highest BCUT2D eigenvalue weighted by Gasteiger charge is 2.30. The lowest BCUT2D eigenvalue weighted by atomic mass is 10.0. The first-order chi connectivity index (χ1) is 14.8. The van der Waals surface area contributed by atoms with Gasteiger partial charge in [0.05, 0.1) is 21.8 Å². The summed E-state index contributed by atoms with van der Waals surface area (Å²) < 4.78 is 65.1. The number of aromatic nitrogens is 1. The van der Waals surface area contributed by atoms with Gasteiger partial charge in [-0.1, -0.05) is 13.0 Å². The Morgan fingerprint density at radius 2 is 1.72 bits per heavy atom. The normalized spacial score (nSPS) is 12.1. The minimum atomic E-state index is -4.46. The molecule has 32 heavy (non-hydrogen) atoms. The van der Waals surface area contributed by atoms with E-state index >= 15 is 0 Å². The third-order valence-corrected chi connectivity index (χ3v) is 6.24. The Hall–Kier alpha value is -3.07. The molecule has 0 aliphatic heterocycles. The molecule has 1 N–H and O–H groups in total. The second-order valence-corrected chi connectivity index (χ2v) is 9.59. The maximum atomic E-state index is 13.0. The molecule has 0 unspecified atom stereocenters. The Bertz CT molecular complexity index is 1280. The van der Waals surface area contributed by atoms with E-state index in [1.807, 2.05) is 6.92 Å². The highest BCUT2D eigenvalue weighted by Crippen LogP contribution is 2.39. The quantitative estimate of drug-likeness (QED) is 0.550. The lowest BCUT2D eigenvalue weighted by Gasteiger charge is -2.16. The molecule has 1 amide bonds. The van der Waals surface area contributed by atoms with Crippen LogP contribution in [-0.4, -0.2) is 25.1 Å². The van der Waals surface area contributed by atoms with Gasteiger partial charge in [-0.3, -0.25) is 4.79 Å². The number of aryl methyl sites for hydroxylation is 2. The minimum Gasteiger partial charge on any atom is -0.324 e. The maximum absolute atomic E-state index is 13.0. The van der Waals surface area contributed by atoms with Crippen molar-refractivity contribution in [3.05, 3.63) is 65.4 Å². The van der Waals surface area contributed by atoms with Crippen molar-refractivity contribution in [2.75, 3.05) is 11.6 Å². The van der Waals surface area contributed by atoms with Crippen LogP contribution in [0.25, 0.3) is 16.9 Å². The number of carbonyl (C=O) groups excluding carboxylic acids is 1. The van der Waals surface area contributed by atoms with E-state index in [0.29, 0.717) is 29.1 Å². The van der Waals surface area contributed by atoms with Crippen molar-refractivity contribution in [2.45, 2.75) is 38.3 Å². The molecule has 0 fully saturated rings. The molecule has 0 aliphatic rings. The number of halogens is 3. The second kappa shape index (κ2) is 8.46. The number of hydrogen-bond acceptors (Lipinski definition) is 3. The van der Waals surface area contributed by atoms with Gasteiger partial charge in [0.2, 0.25) is 5.91 Å². The van der Waals surface area contributed by atoms with Crippen LogP contribution in [0.5, 0.6) is 0 Å². The van der Waals surface area contributed by atoms with E-state index in [1.165, 1.54) is 31.2 Å². The molecule has 0 saturated carbocycles. The molecule has 9 heteroatoms. The van der Waals surface area contributed by atoms with Crippen LogP contribution in [0.3, 0.4) is 0 Å². The molecule has 3 rings (SSSR count). The standard InChI is InChI=1S/C23H23F3N2O3S/c1-5-16-13-28(18-9-7-17(8-10-18)23(24,25)26)22(21(16)27-15(3)29)20-12-19(32(4,30)31)11-6-14(20)2/h6-13H,5H2,1-4H3,(H,27,29). The summed E-state index contributed by atoms with van der Waals surface area (Å²) in [6.07, 6.45) is -1.08. The molecular formula is C23H23F3N2O3S. The van der Waals surface area contributed by atoms with Crippen molar-refractivity contribution in [2.24, 2.45) is 0 Å². The molecule has 0 bridgehead atoms. The van der Waals surface area contributed by atoms with Crippen LogP contribution in [0.15, 0.2) is 53.6 Å². The lowest BCUT2D eigenvalue weighted by Crippen LogP contribution is -2.09. The van der Waals surface area contributed by atoms with Crippen LogP contribution in [0, 0.1) is 6.92 Å². The number of sulfone groups is 1. The van der Waals surface area contributed by atoms with Crippen LogP contribution in [0.2, 0.25) is 0 Å². The van der Waals surface area contributed by atoms with Gasteiger partial charge in [-0.25, -0.2) is 8.42 Å². The SMILES string of the molecule is CCc1cn(-c2ccc(C(F)(F)F)cc2)c(-c2cc(S(C)(=O)=O)ccc2C)c1NC(C)=O. The van der Waals surface area contributed by atoms with Gasteiger partial charge in [0.1, 0.15) is 0 Å². The van der Waals surface area contributed by atoms with Crippen molar-refractivity contribution in [1.82, 2.24) is 4.57 Å². The third-order valence-electron chi connectivity index (χ3n) is 5.13. The zero-order chi connectivity index (χ0) is 23.8. The van der Waals surface area contributed by atoms with E-state index in [4.69, 9.17) is 0 Å². The summed E-state index contributed by atoms with van der Waals surface area (Å²) in [5.41, 5.74) is 2.73. The van der Waals surface area contributed by atoms with Crippen molar-refractivity contribution >= 4 is 21.4 Å². The molecule has 5 nitrogen and oxygen atoms in total. The van der Waals surface area contributed by atoms with Gasteiger partial charge < -0.3 is 9.88 Å². The van der Waals surface area contributed by atoms with Crippen LogP contribution in [0.4, 0.5) is 18.9 Å². The van der Waals surface area contributed by atoms with E-state index < -0.39 is 21.6 Å². The lowest BCUT2D eigenvalue weighted by molar-refractivity contribution is -0.137. The maximum Gasteiger partial charge on any atom is 0.416 e. The monoisotopic (exact) mass is 464 g/mol. The van der Waals surface area contributed by atoms with Crippen LogP contribution in [0.1, 0.15) is 30.5 Å². The summed E-state index contributed by atoms with van der Waals surface area (Å²) in [5.74, 6) is -0.317. The largest absolute Gasteiger partial charge is 0.416 e. The van der Waals surface area contributed by atoms with E-state index in [2.05, 4.69) is 5.32 Å². The molecule has 3 aromatic rings. The third kappa shape index (κ3) is 4.72. The van der Waals surface area contributed by atoms with E-state index in [-0.39, 0.29) is 10.8 Å². The van der Waals surface area contributed by atoms with E-state index in [0.717, 1.165) is 29.5 Å². The van der Waals surface area contributed by atoms with Gasteiger partial charge in [-0.05, 0) is 60.9 Å². The number of nitrogens with one attached hydrogen (secondary N) is 1. The Balaban J connectivity index is 2.34. The fourth-order valence-electron chi connectivity index (χ4n) is 3.51. The molecule has 0 atom stereocenters. The smallest absolute Gasteiger partial charge is 0.324 e. The highest BCUT2D eigenvalue weighted by molar-refractivity contribution is 7.90. The van der Waals surface area contributed by atoms with Crippen molar-refractivity contribution in [1.29, 1.82) is 0 Å². The second-order valence-electron chi connectivity index (χ2n) is 7.58. The number of anilines is 1. The fraction of sp³-hybridized carbons (Fsp3) is 0.261. The number of benzene rings is 2. The summed E-state index contributed by atoms with van der Waals surface area (Å²) in [7, 11) is -3.51. The number of carbonyl (C=O) groups is 1. The zero-order valence-corrected chi connectivity index (χ0v) is 18.9. The number of amides is 1. The first kappa shape index (κ1) is 23.6. The molecule has 170 valence electrons. The Kier molecular flexibility index (Phi) is 6.24. The molecule has 1 heterocycles. The predicted molar refractivity (Wildman–Crippen MR) is 118 cm³/mol. The number of nitrogens with zero attached hydrogens (tertiary/aromatic N) is 1. The Morgan fingerprint density at radius 3 is 2.22 bits per heavy atom. The summed E-state index contributed by atoms with van der Waals surface area (Å²) in [6, 6.07) is 9.35. The van der Waals surface area contributed by atoms with Gasteiger partial charge in [-0.15, -0.1) is 0 Å². The first-order valence-corrected chi connectivity index (χ1v) is 11.7. The molecular weight excluding hydrogens is 441 g/mol. The zero-order valence-electron chi connectivity index (χ0n) is 18.0. The molecule has 0 saturated heterocycles. The highest BCUT2D eigenvalue weighted by atomic mass is 32.2. The molecule has 2 aromatic carbocycles. The fourth-order valence-corrected chi connectivity index (χ4v) is 4.15. The molecule has 0 spiro atoms. The van der Waals surface area contributed by atoms with E-state index in [1.54, 1.807) is 23.8 Å². The van der Waals surface area contributed by atoms with Crippen molar-refractivity contribution in [3.63, 3.8) is 0 Å². The van der Waals surface area contributed by atoms with Crippen LogP contribution >= 0.6 is 0 Å². The van der Waals surface area contributed by atoms with Gasteiger partial charge in [0, 0.05) is 30.6 Å². The summed E-state index contributed by atoms with van der Waals surface area (Å²) >= 11 is 0. The average Bonchev–Trinajstić information content (AvgIpc) is 3.04.